The van der Waals surface area contributed by atoms with E-state index >= 15 is 0 Å². The summed E-state index contributed by atoms with van der Waals surface area (Å²) in [5.74, 6) is 2.07. The van der Waals surface area contributed by atoms with Gasteiger partial charge in [0.2, 0.25) is 0 Å². The van der Waals surface area contributed by atoms with Gasteiger partial charge in [-0.25, -0.2) is 4.98 Å². The van der Waals surface area contributed by atoms with Crippen molar-refractivity contribution in [1.82, 2.24) is 14.1 Å². The number of ether oxygens (including phenoxy) is 1. The number of rotatable bonds is 6. The number of pyridine rings is 1. The van der Waals surface area contributed by atoms with Crippen molar-refractivity contribution in [1.29, 1.82) is 0 Å². The second kappa shape index (κ2) is 15.7. The van der Waals surface area contributed by atoms with E-state index in [-0.39, 0.29) is 42.7 Å². The molecular formula is C54H56N4OPt-2. The molecule has 60 heavy (non-hydrogen) atoms. The first kappa shape index (κ1) is 42.9. The largest absolute Gasteiger partial charge is 0.510 e. The molecule has 5 aromatic carbocycles. The van der Waals surface area contributed by atoms with Gasteiger partial charge in [0, 0.05) is 50.5 Å². The second-order valence-corrected chi connectivity index (χ2v) is 20.0. The Hall–Kier alpha value is -5.25. The summed E-state index contributed by atoms with van der Waals surface area (Å²) in [6, 6.07) is 46.1. The van der Waals surface area contributed by atoms with Crippen LogP contribution in [0.25, 0.3) is 50.1 Å². The van der Waals surface area contributed by atoms with Gasteiger partial charge < -0.3 is 13.9 Å². The number of nitrogens with zero attached hydrogens (tertiary/aromatic N) is 4. The Morgan fingerprint density at radius 3 is 1.95 bits per heavy atom. The molecule has 0 aliphatic rings. The molecule has 0 saturated carbocycles. The minimum absolute atomic E-state index is 0. The first-order valence-corrected chi connectivity index (χ1v) is 20.7. The number of aromatic nitrogens is 4. The fourth-order valence-electron chi connectivity index (χ4n) is 7.63. The Morgan fingerprint density at radius 2 is 1.27 bits per heavy atom. The maximum absolute atomic E-state index is 6.83. The van der Waals surface area contributed by atoms with E-state index in [1.165, 1.54) is 16.7 Å². The molecular weight excluding hydrogens is 916 g/mol. The molecule has 3 heterocycles. The van der Waals surface area contributed by atoms with Crippen LogP contribution in [0, 0.1) is 18.5 Å². The fraction of sp³-hybridized carbons (Fsp3) is 0.296. The summed E-state index contributed by atoms with van der Waals surface area (Å²) in [5, 5.41) is 2.22. The maximum Gasteiger partial charge on any atom is 0.267 e. The quantitative estimate of drug-likeness (QED) is 0.123. The van der Waals surface area contributed by atoms with Crippen LogP contribution in [0.4, 0.5) is 0 Å². The van der Waals surface area contributed by atoms with Gasteiger partial charge in [-0.05, 0) is 85.3 Å². The van der Waals surface area contributed by atoms with Crippen LogP contribution in [-0.4, -0.2) is 14.1 Å². The van der Waals surface area contributed by atoms with E-state index in [1.54, 1.807) is 0 Å². The Morgan fingerprint density at radius 1 is 0.567 bits per heavy atom. The summed E-state index contributed by atoms with van der Waals surface area (Å²) in [4.78, 5) is 4.93. The topological polar surface area (TPSA) is 35.9 Å². The van der Waals surface area contributed by atoms with Crippen molar-refractivity contribution in [3.63, 3.8) is 0 Å². The molecule has 0 fully saturated rings. The van der Waals surface area contributed by atoms with Crippen molar-refractivity contribution < 1.29 is 30.4 Å². The van der Waals surface area contributed by atoms with Gasteiger partial charge in [0.1, 0.15) is 5.82 Å². The minimum atomic E-state index is -0.180. The van der Waals surface area contributed by atoms with E-state index in [2.05, 4.69) is 225 Å². The number of hydrogen-bond acceptors (Lipinski definition) is 2. The molecule has 310 valence electrons. The van der Waals surface area contributed by atoms with Gasteiger partial charge in [0.25, 0.3) is 6.33 Å². The summed E-state index contributed by atoms with van der Waals surface area (Å²) in [6.07, 6.45) is 7.81. The molecule has 0 amide bonds. The molecule has 8 aromatic rings. The Labute approximate surface area is 371 Å². The number of fused-ring (bicyclic) bond motifs is 3. The maximum atomic E-state index is 6.83. The van der Waals surface area contributed by atoms with Crippen molar-refractivity contribution in [3.05, 3.63) is 162 Å². The molecule has 8 rings (SSSR count). The molecule has 0 saturated heterocycles. The van der Waals surface area contributed by atoms with Crippen LogP contribution in [0.5, 0.6) is 11.5 Å². The molecule has 0 atom stereocenters. The molecule has 0 spiro atoms. The standard InChI is InChI=1S/C54H56N4O.Pt/c1-51(2,3)38-19-16-20-41(28-38)56-34-49(54(10,11)12)57(35-56)42-29-40(53(7,8)9)30-44(32-42)59-43-22-23-45-46-27-37(36-17-14-13-15-18-36)21-24-47(46)58(48(45)33-43)50-31-39(25-26-55-50)52(4,5)6;/h13-31,34H,1-12H3;/q-2;. The van der Waals surface area contributed by atoms with E-state index in [0.29, 0.717) is 11.5 Å². The first-order valence-electron chi connectivity index (χ1n) is 20.7. The van der Waals surface area contributed by atoms with E-state index in [1.807, 2.05) is 12.3 Å². The summed E-state index contributed by atoms with van der Waals surface area (Å²) < 4.78 is 13.3. The number of benzene rings is 5. The molecule has 6 heteroatoms. The van der Waals surface area contributed by atoms with Gasteiger partial charge >= 0.3 is 0 Å². The van der Waals surface area contributed by atoms with Crippen molar-refractivity contribution in [2.45, 2.75) is 105 Å². The van der Waals surface area contributed by atoms with Crippen LogP contribution in [-0.2, 0) is 42.7 Å². The summed E-state index contributed by atoms with van der Waals surface area (Å²) >= 11 is 0. The summed E-state index contributed by atoms with van der Waals surface area (Å²) in [7, 11) is 0. The zero-order valence-electron chi connectivity index (χ0n) is 37.1. The predicted octanol–water partition coefficient (Wildman–Crippen LogP) is 13.3. The van der Waals surface area contributed by atoms with Crippen molar-refractivity contribution in [2.24, 2.45) is 0 Å². The van der Waals surface area contributed by atoms with Crippen LogP contribution >= 0.6 is 0 Å². The normalized spacial score (nSPS) is 12.5. The summed E-state index contributed by atoms with van der Waals surface area (Å²) in [5.41, 5.74) is 10.6. The van der Waals surface area contributed by atoms with Gasteiger partial charge in [-0.15, -0.1) is 29.7 Å². The van der Waals surface area contributed by atoms with E-state index in [9.17, 15) is 0 Å². The first-order chi connectivity index (χ1) is 27.7. The zero-order chi connectivity index (χ0) is 42.1. The Kier molecular flexibility index (Phi) is 11.2. The van der Waals surface area contributed by atoms with Crippen molar-refractivity contribution in [3.8, 4) is 39.8 Å². The van der Waals surface area contributed by atoms with Crippen molar-refractivity contribution >= 4 is 21.8 Å². The molecule has 0 unspecified atom stereocenters. The molecule has 0 aliphatic carbocycles. The van der Waals surface area contributed by atoms with Gasteiger partial charge in [-0.2, -0.15) is 17.7 Å². The second-order valence-electron chi connectivity index (χ2n) is 20.0. The fourth-order valence-corrected chi connectivity index (χ4v) is 7.63. The van der Waals surface area contributed by atoms with Gasteiger partial charge in [0.15, 0.2) is 0 Å². The Balaban J connectivity index is 0.00000544. The van der Waals surface area contributed by atoms with Crippen molar-refractivity contribution in [2.75, 3.05) is 0 Å². The monoisotopic (exact) mass is 971 g/mol. The molecule has 0 N–H and O–H groups in total. The molecule has 3 aromatic heterocycles. The van der Waals surface area contributed by atoms with Crippen LogP contribution in [0.2, 0.25) is 0 Å². The van der Waals surface area contributed by atoms with Crippen LogP contribution in [0.15, 0.2) is 122 Å². The molecule has 0 aliphatic heterocycles. The zero-order valence-corrected chi connectivity index (χ0v) is 39.3. The van der Waals surface area contributed by atoms with Crippen LogP contribution in [0.3, 0.4) is 0 Å². The Bertz CT molecular complexity index is 2840. The average molecular weight is 972 g/mol. The minimum Gasteiger partial charge on any atom is -0.510 e. The van der Waals surface area contributed by atoms with E-state index < -0.39 is 0 Å². The van der Waals surface area contributed by atoms with Gasteiger partial charge in [0.05, 0.1) is 11.4 Å². The predicted molar refractivity (Wildman–Crippen MR) is 243 cm³/mol. The molecule has 0 bridgehead atoms. The third-order valence-electron chi connectivity index (χ3n) is 11.2. The van der Waals surface area contributed by atoms with Gasteiger partial charge in [-0.1, -0.05) is 143 Å². The van der Waals surface area contributed by atoms with Crippen LogP contribution < -0.4 is 9.30 Å². The number of imidazole rings is 1. The van der Waals surface area contributed by atoms with Gasteiger partial charge in [-0.3, -0.25) is 4.57 Å². The van der Waals surface area contributed by atoms with E-state index in [4.69, 9.17) is 9.72 Å². The third-order valence-corrected chi connectivity index (χ3v) is 11.2. The third kappa shape index (κ3) is 8.52. The molecule has 0 radical (unpaired) electrons. The molecule has 5 nitrogen and oxygen atoms in total. The SMILES string of the molecule is CC(C)(C)c1cc(Oc2[c-]c3c(cc2)c2cc(-c4ccccc4)ccc2n3-c2cc(C(C)(C)C)ccn2)[c-]c(-n2[c-][n+](-c3cccc(C(C)(C)C)c3)cc2C(C)(C)C)c1.[Pt]. The van der Waals surface area contributed by atoms with E-state index in [0.717, 1.165) is 55.8 Å². The average Bonchev–Trinajstić information content (AvgIpc) is 3.78. The van der Waals surface area contributed by atoms with Crippen LogP contribution in [0.1, 0.15) is 105 Å². The number of hydrogen-bond donors (Lipinski definition) is 0. The summed E-state index contributed by atoms with van der Waals surface area (Å²) in [6.45, 7) is 26.9. The smallest absolute Gasteiger partial charge is 0.267 e.